The Morgan fingerprint density at radius 1 is 1.32 bits per heavy atom. The molecule has 1 fully saturated rings. The lowest BCUT2D eigenvalue weighted by atomic mass is 10.3. The SMILES string of the molecule is Cc1nc(N2CCCC2)ccc1NC(=O)/C=C/c1ccco1. The summed E-state index contributed by atoms with van der Waals surface area (Å²) in [5, 5.41) is 2.84. The predicted octanol–water partition coefficient (Wildman–Crippen LogP) is 3.24. The number of nitrogens with one attached hydrogen (secondary N) is 1. The van der Waals surface area contributed by atoms with Gasteiger partial charge in [0.05, 0.1) is 17.6 Å². The van der Waals surface area contributed by atoms with Gasteiger partial charge < -0.3 is 14.6 Å². The second-order valence-corrected chi connectivity index (χ2v) is 5.33. The molecule has 0 aliphatic carbocycles. The van der Waals surface area contributed by atoms with Gasteiger partial charge in [-0.15, -0.1) is 0 Å². The minimum Gasteiger partial charge on any atom is -0.465 e. The standard InChI is InChI=1S/C17H19N3O2/c1-13-15(7-8-16(18-13)20-10-2-3-11-20)19-17(21)9-6-14-5-4-12-22-14/h4-9,12H,2-3,10-11H2,1H3,(H,19,21)/b9-6+. The van der Waals surface area contributed by atoms with E-state index in [0.29, 0.717) is 5.76 Å². The average Bonchev–Trinajstić information content (AvgIpc) is 3.20. The van der Waals surface area contributed by atoms with Crippen molar-refractivity contribution in [2.75, 3.05) is 23.3 Å². The van der Waals surface area contributed by atoms with Crippen molar-refractivity contribution < 1.29 is 9.21 Å². The third-order valence-electron chi connectivity index (χ3n) is 3.70. The number of anilines is 2. The van der Waals surface area contributed by atoms with E-state index in [1.807, 2.05) is 19.1 Å². The van der Waals surface area contributed by atoms with Gasteiger partial charge in [0.25, 0.3) is 0 Å². The molecular weight excluding hydrogens is 278 g/mol. The summed E-state index contributed by atoms with van der Waals surface area (Å²) in [6, 6.07) is 7.45. The summed E-state index contributed by atoms with van der Waals surface area (Å²) in [6.45, 7) is 4.03. The fraction of sp³-hybridized carbons (Fsp3) is 0.294. The Morgan fingerprint density at radius 3 is 2.82 bits per heavy atom. The van der Waals surface area contributed by atoms with Gasteiger partial charge in [0.2, 0.25) is 5.91 Å². The van der Waals surface area contributed by atoms with Crippen LogP contribution in [0.25, 0.3) is 6.08 Å². The molecule has 1 aliphatic rings. The number of carbonyl (C=O) groups is 1. The molecule has 0 radical (unpaired) electrons. The second kappa shape index (κ2) is 6.47. The number of carbonyl (C=O) groups excluding carboxylic acids is 1. The molecule has 0 unspecified atom stereocenters. The van der Waals surface area contributed by atoms with Crippen LogP contribution in [0.15, 0.2) is 41.0 Å². The summed E-state index contributed by atoms with van der Waals surface area (Å²) >= 11 is 0. The molecule has 114 valence electrons. The molecule has 0 spiro atoms. The number of aryl methyl sites for hydroxylation is 1. The fourth-order valence-corrected chi connectivity index (χ4v) is 2.52. The molecule has 1 N–H and O–H groups in total. The summed E-state index contributed by atoms with van der Waals surface area (Å²) in [5.41, 5.74) is 1.56. The number of furan rings is 1. The Morgan fingerprint density at radius 2 is 2.14 bits per heavy atom. The van der Waals surface area contributed by atoms with E-state index in [0.717, 1.165) is 30.3 Å². The third kappa shape index (κ3) is 3.36. The number of nitrogens with zero attached hydrogens (tertiary/aromatic N) is 2. The van der Waals surface area contributed by atoms with Crippen LogP contribution in [0, 0.1) is 6.92 Å². The molecule has 5 heteroatoms. The van der Waals surface area contributed by atoms with Crippen LogP contribution < -0.4 is 10.2 Å². The van der Waals surface area contributed by atoms with E-state index in [1.165, 1.54) is 18.9 Å². The predicted molar refractivity (Wildman–Crippen MR) is 86.8 cm³/mol. The van der Waals surface area contributed by atoms with E-state index >= 15 is 0 Å². The molecule has 5 nitrogen and oxygen atoms in total. The first kappa shape index (κ1) is 14.4. The lowest BCUT2D eigenvalue weighted by Crippen LogP contribution is -2.19. The summed E-state index contributed by atoms with van der Waals surface area (Å²) < 4.78 is 5.15. The van der Waals surface area contributed by atoms with E-state index in [9.17, 15) is 4.79 Å². The van der Waals surface area contributed by atoms with Crippen molar-refractivity contribution in [3.63, 3.8) is 0 Å². The zero-order valence-electron chi connectivity index (χ0n) is 12.6. The lowest BCUT2D eigenvalue weighted by molar-refractivity contribution is -0.111. The van der Waals surface area contributed by atoms with Gasteiger partial charge in [-0.25, -0.2) is 4.98 Å². The normalized spacial score (nSPS) is 14.7. The molecule has 0 aromatic carbocycles. The molecule has 3 heterocycles. The summed E-state index contributed by atoms with van der Waals surface area (Å²) in [6.07, 6.45) is 7.10. The second-order valence-electron chi connectivity index (χ2n) is 5.33. The van der Waals surface area contributed by atoms with Crippen LogP contribution in [-0.4, -0.2) is 24.0 Å². The molecule has 2 aromatic rings. The maximum atomic E-state index is 11.9. The monoisotopic (exact) mass is 297 g/mol. The quantitative estimate of drug-likeness (QED) is 0.880. The van der Waals surface area contributed by atoms with Crippen molar-refractivity contribution in [1.82, 2.24) is 4.98 Å². The van der Waals surface area contributed by atoms with Gasteiger partial charge in [0.1, 0.15) is 11.6 Å². The number of hydrogen-bond donors (Lipinski definition) is 1. The van der Waals surface area contributed by atoms with Crippen LogP contribution in [0.1, 0.15) is 24.3 Å². The maximum Gasteiger partial charge on any atom is 0.248 e. The minimum atomic E-state index is -0.199. The van der Waals surface area contributed by atoms with Crippen LogP contribution >= 0.6 is 0 Å². The Hall–Kier alpha value is -2.56. The third-order valence-corrected chi connectivity index (χ3v) is 3.70. The fourth-order valence-electron chi connectivity index (χ4n) is 2.52. The van der Waals surface area contributed by atoms with E-state index < -0.39 is 0 Å². The molecule has 22 heavy (non-hydrogen) atoms. The van der Waals surface area contributed by atoms with Gasteiger partial charge >= 0.3 is 0 Å². The van der Waals surface area contributed by atoms with Crippen LogP contribution in [0.2, 0.25) is 0 Å². The van der Waals surface area contributed by atoms with Gasteiger partial charge in [-0.3, -0.25) is 4.79 Å². The van der Waals surface area contributed by atoms with Crippen LogP contribution in [0.4, 0.5) is 11.5 Å². The van der Waals surface area contributed by atoms with Crippen molar-refractivity contribution in [2.24, 2.45) is 0 Å². The molecule has 0 atom stereocenters. The van der Waals surface area contributed by atoms with Crippen molar-refractivity contribution in [3.05, 3.63) is 48.1 Å². The van der Waals surface area contributed by atoms with Gasteiger partial charge in [0.15, 0.2) is 0 Å². The number of hydrogen-bond acceptors (Lipinski definition) is 4. The molecule has 1 amide bonds. The number of aromatic nitrogens is 1. The Bertz CT molecular complexity index is 671. The van der Waals surface area contributed by atoms with Gasteiger partial charge in [0, 0.05) is 19.2 Å². The van der Waals surface area contributed by atoms with Crippen molar-refractivity contribution in [3.8, 4) is 0 Å². The van der Waals surface area contributed by atoms with Crippen molar-refractivity contribution >= 4 is 23.5 Å². The number of pyridine rings is 1. The van der Waals surface area contributed by atoms with Crippen LogP contribution in [-0.2, 0) is 4.79 Å². The largest absolute Gasteiger partial charge is 0.465 e. The van der Waals surface area contributed by atoms with E-state index in [-0.39, 0.29) is 5.91 Å². The molecule has 1 aliphatic heterocycles. The highest BCUT2D eigenvalue weighted by atomic mass is 16.3. The zero-order chi connectivity index (χ0) is 15.4. The average molecular weight is 297 g/mol. The first-order chi connectivity index (χ1) is 10.7. The van der Waals surface area contributed by atoms with Crippen LogP contribution in [0.5, 0.6) is 0 Å². The first-order valence-electron chi connectivity index (χ1n) is 7.47. The maximum absolute atomic E-state index is 11.9. The van der Waals surface area contributed by atoms with Crippen LogP contribution in [0.3, 0.4) is 0 Å². The van der Waals surface area contributed by atoms with Crippen molar-refractivity contribution in [1.29, 1.82) is 0 Å². The summed E-state index contributed by atoms with van der Waals surface area (Å²) in [5.74, 6) is 1.43. The topological polar surface area (TPSA) is 58.4 Å². The highest BCUT2D eigenvalue weighted by Gasteiger charge is 2.14. The van der Waals surface area contributed by atoms with E-state index in [4.69, 9.17) is 4.42 Å². The molecule has 0 saturated carbocycles. The zero-order valence-corrected chi connectivity index (χ0v) is 12.6. The number of rotatable bonds is 4. The van der Waals surface area contributed by atoms with Gasteiger partial charge in [-0.1, -0.05) is 0 Å². The minimum absolute atomic E-state index is 0.199. The lowest BCUT2D eigenvalue weighted by Gasteiger charge is -2.17. The summed E-state index contributed by atoms with van der Waals surface area (Å²) in [7, 11) is 0. The summed E-state index contributed by atoms with van der Waals surface area (Å²) in [4.78, 5) is 18.8. The number of amides is 1. The Balaban J connectivity index is 1.65. The first-order valence-corrected chi connectivity index (χ1v) is 7.47. The van der Waals surface area contributed by atoms with E-state index in [2.05, 4.69) is 15.2 Å². The highest BCUT2D eigenvalue weighted by Crippen LogP contribution is 2.22. The molecule has 2 aromatic heterocycles. The highest BCUT2D eigenvalue weighted by molar-refractivity contribution is 6.02. The smallest absolute Gasteiger partial charge is 0.248 e. The van der Waals surface area contributed by atoms with E-state index in [1.54, 1.807) is 24.5 Å². The molecule has 0 bridgehead atoms. The van der Waals surface area contributed by atoms with Crippen molar-refractivity contribution in [2.45, 2.75) is 19.8 Å². The Labute approximate surface area is 129 Å². The molecule has 3 rings (SSSR count). The van der Waals surface area contributed by atoms with Gasteiger partial charge in [-0.2, -0.15) is 0 Å². The molecule has 1 saturated heterocycles. The van der Waals surface area contributed by atoms with Gasteiger partial charge in [-0.05, 0) is 50.1 Å². The molecular formula is C17H19N3O2. The Kier molecular flexibility index (Phi) is 4.23.